The Morgan fingerprint density at radius 1 is 0.887 bits per heavy atom. The van der Waals surface area contributed by atoms with Gasteiger partial charge in [0.25, 0.3) is 11.8 Å². The Morgan fingerprint density at radius 3 is 2.31 bits per heavy atom. The minimum Gasteiger partial charge on any atom is -0.444 e. The molecule has 0 aliphatic carbocycles. The van der Waals surface area contributed by atoms with Gasteiger partial charge in [0.05, 0.1) is 17.3 Å². The predicted molar refractivity (Wildman–Crippen MR) is 243 cm³/mol. The van der Waals surface area contributed by atoms with Crippen LogP contribution in [-0.4, -0.2) is 93.0 Å². The third kappa shape index (κ3) is 10.6. The fourth-order valence-corrected chi connectivity index (χ4v) is 8.41. The van der Waals surface area contributed by atoms with Crippen LogP contribution in [0.2, 0.25) is 0 Å². The molecule has 0 radical (unpaired) electrons. The van der Waals surface area contributed by atoms with Gasteiger partial charge in [-0.2, -0.15) is 5.10 Å². The molecule has 3 amide bonds. The molecular weight excluding hydrogens is 781 g/mol. The standard InChI is InChI=1S/C49H62N8O5/c1-8-43-41(44(53-39-18-22-61-23-19-39)42-29-52-57(9-2)45(42)54-43)28-51-47(59)38-15-11-14-37(26-38)46(58)50-27-34-17-16-32(3)40(25-34)36-13-10-12-35(24-36)31-55-20-21-56(33(4)30-55)48(60)62-49(5,6)7/h10-17,24-26,29,33,39H,8-9,18-23,27-28,30-31H2,1-7H3,(H,50,58)(H,51,59)(H,53,54)/t33-/m0/s1. The van der Waals surface area contributed by atoms with Crippen LogP contribution < -0.4 is 16.0 Å². The Morgan fingerprint density at radius 2 is 1.61 bits per heavy atom. The van der Waals surface area contributed by atoms with Crippen molar-refractivity contribution in [1.29, 1.82) is 0 Å². The zero-order valence-corrected chi connectivity index (χ0v) is 37.3. The SMILES string of the molecule is CCc1nc2c(cnn2CC)c(NC2CCOCC2)c1CNC(=O)c1cccc(C(=O)NCc2ccc(C)c(-c3cccc(CN4CCN(C(=O)OC(C)(C)C)[C@@H](C)C4)c3)c2)c1. The number of fused-ring (bicyclic) bond motifs is 1. The molecule has 13 heteroatoms. The second-order valence-corrected chi connectivity index (χ2v) is 17.5. The molecule has 4 heterocycles. The molecule has 0 spiro atoms. The number of carbonyl (C=O) groups is 3. The number of ether oxygens (including phenoxy) is 2. The molecule has 2 fully saturated rings. The molecule has 2 aromatic heterocycles. The van der Waals surface area contributed by atoms with Gasteiger partial charge < -0.3 is 30.3 Å². The van der Waals surface area contributed by atoms with Gasteiger partial charge in [0.15, 0.2) is 5.65 Å². The summed E-state index contributed by atoms with van der Waals surface area (Å²) in [4.78, 5) is 49.2. The van der Waals surface area contributed by atoms with Crippen molar-refractivity contribution in [1.82, 2.24) is 35.2 Å². The molecule has 1 atom stereocenters. The van der Waals surface area contributed by atoms with Crippen LogP contribution in [0.25, 0.3) is 22.2 Å². The smallest absolute Gasteiger partial charge is 0.410 e. The van der Waals surface area contributed by atoms with Crippen LogP contribution >= 0.6 is 0 Å². The number of benzene rings is 3. The van der Waals surface area contributed by atoms with Gasteiger partial charge in [-0.25, -0.2) is 14.5 Å². The van der Waals surface area contributed by atoms with Crippen LogP contribution in [0.1, 0.15) is 103 Å². The van der Waals surface area contributed by atoms with Gasteiger partial charge in [0, 0.05) is 93.5 Å². The van der Waals surface area contributed by atoms with Gasteiger partial charge in [0.2, 0.25) is 0 Å². The van der Waals surface area contributed by atoms with E-state index in [1.165, 1.54) is 5.56 Å². The highest BCUT2D eigenvalue weighted by Crippen LogP contribution is 2.32. The number of amides is 3. The van der Waals surface area contributed by atoms with E-state index in [4.69, 9.17) is 14.5 Å². The third-order valence-electron chi connectivity index (χ3n) is 11.7. The summed E-state index contributed by atoms with van der Waals surface area (Å²) in [5.74, 6) is -0.533. The summed E-state index contributed by atoms with van der Waals surface area (Å²) >= 11 is 0. The molecular formula is C49H62N8O5. The Bertz CT molecular complexity index is 2400. The third-order valence-corrected chi connectivity index (χ3v) is 11.7. The van der Waals surface area contributed by atoms with Crippen molar-refractivity contribution in [2.24, 2.45) is 0 Å². The number of anilines is 1. The van der Waals surface area contributed by atoms with Gasteiger partial charge in [-0.05, 0) is 119 Å². The Kier molecular flexibility index (Phi) is 13.9. The average molecular weight is 843 g/mol. The zero-order valence-electron chi connectivity index (χ0n) is 37.3. The van der Waals surface area contributed by atoms with Crippen molar-refractivity contribution in [3.63, 3.8) is 0 Å². The molecule has 62 heavy (non-hydrogen) atoms. The first-order valence-electron chi connectivity index (χ1n) is 22.1. The van der Waals surface area contributed by atoms with Crippen molar-refractivity contribution >= 4 is 34.6 Å². The molecule has 328 valence electrons. The highest BCUT2D eigenvalue weighted by Gasteiger charge is 2.31. The van der Waals surface area contributed by atoms with Gasteiger partial charge in [-0.15, -0.1) is 0 Å². The van der Waals surface area contributed by atoms with E-state index in [-0.39, 0.29) is 36.5 Å². The summed E-state index contributed by atoms with van der Waals surface area (Å²) in [7, 11) is 0. The Balaban J connectivity index is 0.982. The molecule has 2 aliphatic heterocycles. The maximum absolute atomic E-state index is 13.7. The van der Waals surface area contributed by atoms with Gasteiger partial charge >= 0.3 is 6.09 Å². The first kappa shape index (κ1) is 44.3. The number of piperazine rings is 1. The molecule has 2 saturated heterocycles. The second-order valence-electron chi connectivity index (χ2n) is 17.5. The lowest BCUT2D eigenvalue weighted by Crippen LogP contribution is -2.54. The monoisotopic (exact) mass is 842 g/mol. The summed E-state index contributed by atoms with van der Waals surface area (Å²) in [6, 6.07) is 22.0. The molecule has 3 aromatic carbocycles. The summed E-state index contributed by atoms with van der Waals surface area (Å²) in [6.07, 6.45) is 4.09. The topological polar surface area (TPSA) is 143 Å². The lowest BCUT2D eigenvalue weighted by Gasteiger charge is -2.40. The van der Waals surface area contributed by atoms with Crippen molar-refractivity contribution in [3.05, 3.63) is 112 Å². The van der Waals surface area contributed by atoms with Crippen LogP contribution in [0, 0.1) is 6.92 Å². The van der Waals surface area contributed by atoms with Crippen LogP contribution in [0.3, 0.4) is 0 Å². The fourth-order valence-electron chi connectivity index (χ4n) is 8.41. The largest absolute Gasteiger partial charge is 0.444 e. The van der Waals surface area contributed by atoms with E-state index in [1.54, 1.807) is 24.3 Å². The number of nitrogens with zero attached hydrogens (tertiary/aromatic N) is 5. The van der Waals surface area contributed by atoms with Crippen molar-refractivity contribution in [3.8, 4) is 11.1 Å². The van der Waals surface area contributed by atoms with Crippen LogP contribution in [0.15, 0.2) is 72.9 Å². The molecule has 3 N–H and O–H groups in total. The quantitative estimate of drug-likeness (QED) is 0.108. The predicted octanol–water partition coefficient (Wildman–Crippen LogP) is 7.88. The highest BCUT2D eigenvalue weighted by atomic mass is 16.6. The molecule has 13 nitrogen and oxygen atoms in total. The summed E-state index contributed by atoms with van der Waals surface area (Å²) in [5.41, 5.74) is 9.44. The van der Waals surface area contributed by atoms with Gasteiger partial charge in [-0.3, -0.25) is 14.5 Å². The second kappa shape index (κ2) is 19.5. The maximum atomic E-state index is 13.7. The summed E-state index contributed by atoms with van der Waals surface area (Å²) < 4.78 is 13.2. The summed E-state index contributed by atoms with van der Waals surface area (Å²) in [6.45, 7) is 19.6. The number of aryl methyl sites for hydroxylation is 3. The molecule has 0 bridgehead atoms. The van der Waals surface area contributed by atoms with Gasteiger partial charge in [-0.1, -0.05) is 43.3 Å². The fraction of sp³-hybridized carbons (Fsp3) is 0.449. The minimum absolute atomic E-state index is 0.0462. The van der Waals surface area contributed by atoms with Crippen LogP contribution in [-0.2, 0) is 42.1 Å². The average Bonchev–Trinajstić information content (AvgIpc) is 3.68. The molecule has 2 aliphatic rings. The number of aromatic nitrogens is 3. The number of hydrogen-bond acceptors (Lipinski definition) is 9. The highest BCUT2D eigenvalue weighted by molar-refractivity contribution is 6.00. The van der Waals surface area contributed by atoms with E-state index in [1.807, 2.05) is 42.6 Å². The lowest BCUT2D eigenvalue weighted by atomic mass is 9.96. The van der Waals surface area contributed by atoms with E-state index >= 15 is 0 Å². The van der Waals surface area contributed by atoms with Crippen LogP contribution in [0.4, 0.5) is 10.5 Å². The van der Waals surface area contributed by atoms with Crippen molar-refractivity contribution < 1.29 is 23.9 Å². The number of pyridine rings is 1. The number of carbonyl (C=O) groups excluding carboxylic acids is 3. The maximum Gasteiger partial charge on any atom is 0.410 e. The van der Waals surface area contributed by atoms with E-state index in [0.29, 0.717) is 50.4 Å². The Labute approximate surface area is 365 Å². The first-order valence-corrected chi connectivity index (χ1v) is 22.1. The first-order chi connectivity index (χ1) is 29.8. The Hall–Kier alpha value is -5.79. The van der Waals surface area contributed by atoms with Crippen LogP contribution in [0.5, 0.6) is 0 Å². The molecule has 0 saturated carbocycles. The number of hydrogen-bond donors (Lipinski definition) is 3. The van der Waals surface area contributed by atoms with Crippen molar-refractivity contribution in [2.75, 3.05) is 38.2 Å². The minimum atomic E-state index is -0.522. The number of nitrogens with one attached hydrogen (secondary N) is 3. The van der Waals surface area contributed by atoms with Crippen molar-refractivity contribution in [2.45, 2.75) is 112 Å². The number of rotatable bonds is 13. The van der Waals surface area contributed by atoms with E-state index in [9.17, 15) is 14.4 Å². The normalized spacial score (nSPS) is 16.3. The molecule has 5 aromatic rings. The van der Waals surface area contributed by atoms with E-state index in [2.05, 4.69) is 90.0 Å². The van der Waals surface area contributed by atoms with E-state index in [0.717, 1.165) is 82.7 Å². The van der Waals surface area contributed by atoms with E-state index < -0.39 is 5.60 Å². The van der Waals surface area contributed by atoms with Gasteiger partial charge in [0.1, 0.15) is 5.60 Å². The lowest BCUT2D eigenvalue weighted by molar-refractivity contribution is 0.000540. The summed E-state index contributed by atoms with van der Waals surface area (Å²) in [5, 5.41) is 15.5. The molecule has 7 rings (SSSR count). The zero-order chi connectivity index (χ0) is 44.0. The molecule has 0 unspecified atom stereocenters.